The Morgan fingerprint density at radius 3 is 2.63 bits per heavy atom. The van der Waals surface area contributed by atoms with Crippen LogP contribution in [0.5, 0.6) is 11.5 Å². The van der Waals surface area contributed by atoms with E-state index in [1.165, 1.54) is 6.07 Å². The number of aromatic nitrogens is 1. The lowest BCUT2D eigenvalue weighted by atomic mass is 10.1. The van der Waals surface area contributed by atoms with E-state index >= 15 is 0 Å². The third-order valence-corrected chi connectivity index (χ3v) is 4.89. The summed E-state index contributed by atoms with van der Waals surface area (Å²) in [5, 5.41) is 21.9. The first kappa shape index (κ1) is 12.6. The second-order valence-corrected chi connectivity index (χ2v) is 6.38. The van der Waals surface area contributed by atoms with E-state index in [4.69, 9.17) is 0 Å². The number of phenols is 2. The van der Waals surface area contributed by atoms with Crippen molar-refractivity contribution in [2.45, 2.75) is 0 Å². The lowest BCUT2D eigenvalue weighted by Crippen LogP contribution is -2.32. The van der Waals surface area contributed by atoms with Gasteiger partial charge in [0.1, 0.15) is 0 Å². The summed E-state index contributed by atoms with van der Waals surface area (Å²) in [5.74, 6) is 2.08. The van der Waals surface area contributed by atoms with Gasteiger partial charge in [-0.1, -0.05) is 0 Å². The van der Waals surface area contributed by atoms with Crippen LogP contribution < -0.4 is 4.90 Å². The highest BCUT2D eigenvalue weighted by molar-refractivity contribution is 7.99. The normalized spacial score (nSPS) is 15.7. The fourth-order valence-corrected chi connectivity index (χ4v) is 3.77. The van der Waals surface area contributed by atoms with Crippen molar-refractivity contribution in [1.29, 1.82) is 0 Å². The summed E-state index contributed by atoms with van der Waals surface area (Å²) in [6.45, 7) is 2.08. The Bertz CT molecular complexity index is 580. The van der Waals surface area contributed by atoms with Crippen molar-refractivity contribution in [3.8, 4) is 22.8 Å². The van der Waals surface area contributed by atoms with Crippen molar-refractivity contribution in [1.82, 2.24) is 4.98 Å². The number of anilines is 1. The first-order valence-corrected chi connectivity index (χ1v) is 8.08. The number of thiazole rings is 1. The topological polar surface area (TPSA) is 56.6 Å². The first-order chi connectivity index (χ1) is 9.24. The van der Waals surface area contributed by atoms with E-state index in [2.05, 4.69) is 9.88 Å². The molecule has 2 heterocycles. The largest absolute Gasteiger partial charge is 0.504 e. The molecule has 0 radical (unpaired) electrons. The van der Waals surface area contributed by atoms with Gasteiger partial charge < -0.3 is 15.1 Å². The van der Waals surface area contributed by atoms with Gasteiger partial charge in [-0.15, -0.1) is 11.3 Å². The van der Waals surface area contributed by atoms with Gasteiger partial charge in [0.05, 0.1) is 5.69 Å². The molecule has 6 heteroatoms. The van der Waals surface area contributed by atoms with Crippen molar-refractivity contribution >= 4 is 28.2 Å². The number of hydrogen-bond acceptors (Lipinski definition) is 6. The molecule has 100 valence electrons. The highest BCUT2D eigenvalue weighted by Crippen LogP contribution is 2.33. The molecule has 3 rings (SSSR count). The van der Waals surface area contributed by atoms with Crippen molar-refractivity contribution in [2.75, 3.05) is 29.5 Å². The van der Waals surface area contributed by atoms with E-state index in [1.807, 2.05) is 17.1 Å². The van der Waals surface area contributed by atoms with Gasteiger partial charge in [-0.2, -0.15) is 11.8 Å². The van der Waals surface area contributed by atoms with Gasteiger partial charge in [0.25, 0.3) is 0 Å². The number of phenolic OH excluding ortho intramolecular Hbond substituents is 2. The fraction of sp³-hybridized carbons (Fsp3) is 0.308. The molecule has 1 fully saturated rings. The van der Waals surface area contributed by atoms with Gasteiger partial charge in [-0.25, -0.2) is 4.98 Å². The molecular weight excluding hydrogens is 280 g/mol. The number of benzene rings is 1. The van der Waals surface area contributed by atoms with Crippen LogP contribution in [0.25, 0.3) is 11.3 Å². The van der Waals surface area contributed by atoms with Crippen molar-refractivity contribution in [2.24, 2.45) is 0 Å². The lowest BCUT2D eigenvalue weighted by molar-refractivity contribution is 0.404. The molecule has 0 saturated carbocycles. The van der Waals surface area contributed by atoms with Crippen LogP contribution in [-0.4, -0.2) is 39.8 Å². The maximum absolute atomic E-state index is 9.53. The maximum atomic E-state index is 9.53. The molecule has 0 atom stereocenters. The highest BCUT2D eigenvalue weighted by Gasteiger charge is 2.15. The molecule has 0 amide bonds. The minimum Gasteiger partial charge on any atom is -0.504 e. The van der Waals surface area contributed by atoms with Crippen LogP contribution in [0.15, 0.2) is 23.6 Å². The maximum Gasteiger partial charge on any atom is 0.185 e. The fourth-order valence-electron chi connectivity index (χ4n) is 1.98. The molecule has 4 nitrogen and oxygen atoms in total. The van der Waals surface area contributed by atoms with Crippen LogP contribution in [0.2, 0.25) is 0 Å². The standard InChI is InChI=1S/C13H14N2O2S2/c16-11-2-1-9(7-12(11)17)10-8-19-13(14-10)15-3-5-18-6-4-15/h1-2,7-8,16-17H,3-6H2. The number of hydrogen-bond donors (Lipinski definition) is 2. The zero-order valence-electron chi connectivity index (χ0n) is 10.2. The van der Waals surface area contributed by atoms with E-state index in [1.54, 1.807) is 23.5 Å². The van der Waals surface area contributed by atoms with Crippen molar-refractivity contribution in [3.05, 3.63) is 23.6 Å². The Kier molecular flexibility index (Phi) is 3.52. The molecule has 1 aromatic carbocycles. The lowest BCUT2D eigenvalue weighted by Gasteiger charge is -2.25. The van der Waals surface area contributed by atoms with Crippen LogP contribution >= 0.6 is 23.1 Å². The van der Waals surface area contributed by atoms with Gasteiger partial charge in [-0.05, 0) is 18.2 Å². The molecule has 19 heavy (non-hydrogen) atoms. The second-order valence-electron chi connectivity index (χ2n) is 4.32. The van der Waals surface area contributed by atoms with Crippen LogP contribution in [0.1, 0.15) is 0 Å². The van der Waals surface area contributed by atoms with E-state index in [0.29, 0.717) is 0 Å². The average Bonchev–Trinajstić information content (AvgIpc) is 2.93. The molecular formula is C13H14N2O2S2. The summed E-state index contributed by atoms with van der Waals surface area (Å²) >= 11 is 3.60. The smallest absolute Gasteiger partial charge is 0.185 e. The van der Waals surface area contributed by atoms with Crippen LogP contribution in [0.4, 0.5) is 5.13 Å². The Hall–Kier alpha value is -1.40. The quantitative estimate of drug-likeness (QED) is 0.834. The summed E-state index contributed by atoms with van der Waals surface area (Å²) in [6.07, 6.45) is 0. The molecule has 1 aromatic heterocycles. The molecule has 1 aliphatic heterocycles. The Morgan fingerprint density at radius 2 is 1.89 bits per heavy atom. The predicted molar refractivity (Wildman–Crippen MR) is 80.4 cm³/mol. The monoisotopic (exact) mass is 294 g/mol. The Balaban J connectivity index is 1.85. The summed E-state index contributed by atoms with van der Waals surface area (Å²) < 4.78 is 0. The summed E-state index contributed by atoms with van der Waals surface area (Å²) in [4.78, 5) is 6.91. The predicted octanol–water partition coefficient (Wildman–Crippen LogP) is 2.77. The second kappa shape index (κ2) is 5.30. The zero-order valence-corrected chi connectivity index (χ0v) is 11.9. The number of thioether (sulfide) groups is 1. The van der Waals surface area contributed by atoms with E-state index in [-0.39, 0.29) is 11.5 Å². The molecule has 1 saturated heterocycles. The van der Waals surface area contributed by atoms with Crippen molar-refractivity contribution in [3.63, 3.8) is 0 Å². The van der Waals surface area contributed by atoms with Gasteiger partial charge >= 0.3 is 0 Å². The zero-order chi connectivity index (χ0) is 13.2. The van der Waals surface area contributed by atoms with Gasteiger partial charge in [0.15, 0.2) is 16.6 Å². The van der Waals surface area contributed by atoms with Crippen LogP contribution in [0.3, 0.4) is 0 Å². The highest BCUT2D eigenvalue weighted by atomic mass is 32.2. The Morgan fingerprint density at radius 1 is 1.11 bits per heavy atom. The summed E-state index contributed by atoms with van der Waals surface area (Å²) in [5.41, 5.74) is 1.66. The third kappa shape index (κ3) is 2.64. The molecule has 0 unspecified atom stereocenters. The summed E-state index contributed by atoms with van der Waals surface area (Å²) in [7, 11) is 0. The average molecular weight is 294 g/mol. The van der Waals surface area contributed by atoms with Crippen molar-refractivity contribution < 1.29 is 10.2 Å². The van der Waals surface area contributed by atoms with Gasteiger partial charge in [-0.3, -0.25) is 0 Å². The summed E-state index contributed by atoms with van der Waals surface area (Å²) in [6, 6.07) is 4.79. The van der Waals surface area contributed by atoms with Gasteiger partial charge in [0.2, 0.25) is 0 Å². The number of nitrogens with zero attached hydrogens (tertiary/aromatic N) is 2. The van der Waals surface area contributed by atoms with E-state index < -0.39 is 0 Å². The molecule has 0 aliphatic carbocycles. The molecule has 1 aliphatic rings. The molecule has 2 N–H and O–H groups in total. The van der Waals surface area contributed by atoms with Gasteiger partial charge in [0, 0.05) is 35.5 Å². The van der Waals surface area contributed by atoms with E-state index in [0.717, 1.165) is 41.0 Å². The van der Waals surface area contributed by atoms with Crippen LogP contribution in [0, 0.1) is 0 Å². The SMILES string of the molecule is Oc1ccc(-c2csc(N3CCSCC3)n2)cc1O. The van der Waals surface area contributed by atoms with E-state index in [9.17, 15) is 10.2 Å². The molecule has 0 bridgehead atoms. The molecule has 2 aromatic rings. The number of aromatic hydroxyl groups is 2. The van der Waals surface area contributed by atoms with Crippen LogP contribution in [-0.2, 0) is 0 Å². The third-order valence-electron chi connectivity index (χ3n) is 3.04. The first-order valence-electron chi connectivity index (χ1n) is 6.04. The Labute approximate surface area is 119 Å². The molecule has 0 spiro atoms. The minimum absolute atomic E-state index is 0.104. The number of rotatable bonds is 2. The minimum atomic E-state index is -0.110.